The molecule has 1 aliphatic rings. The van der Waals surface area contributed by atoms with Crippen molar-refractivity contribution in [3.05, 3.63) is 52.0 Å². The number of hydrogen-bond donors (Lipinski definition) is 2. The number of thiazole rings is 1. The number of piperidine rings is 1. The van der Waals surface area contributed by atoms with Crippen molar-refractivity contribution in [3.8, 4) is 0 Å². The van der Waals surface area contributed by atoms with Gasteiger partial charge >= 0.3 is 0 Å². The lowest BCUT2D eigenvalue weighted by Gasteiger charge is -2.38. The van der Waals surface area contributed by atoms with Crippen LogP contribution in [0, 0.1) is 0 Å². The molecule has 152 valence electrons. The largest absolute Gasteiger partial charge is 0.356 e. The first-order valence-electron chi connectivity index (χ1n) is 10.4. The highest BCUT2D eigenvalue weighted by atomic mass is 32.1. The molecule has 0 aliphatic carbocycles. The lowest BCUT2D eigenvalue weighted by molar-refractivity contribution is 0.134. The van der Waals surface area contributed by atoms with Crippen molar-refractivity contribution in [3.63, 3.8) is 0 Å². The highest BCUT2D eigenvalue weighted by Gasteiger charge is 2.25. The highest BCUT2D eigenvalue weighted by molar-refractivity contribution is 7.09. The van der Waals surface area contributed by atoms with E-state index in [1.807, 2.05) is 7.05 Å². The Bertz CT molecular complexity index is 742. The zero-order valence-electron chi connectivity index (χ0n) is 17.3. The van der Waals surface area contributed by atoms with Gasteiger partial charge in [-0.2, -0.15) is 0 Å². The number of rotatable bonds is 7. The second kappa shape index (κ2) is 10.6. The molecule has 5 nitrogen and oxygen atoms in total. The molecule has 0 radical (unpaired) electrons. The van der Waals surface area contributed by atoms with Crippen LogP contribution < -0.4 is 10.6 Å². The standard InChI is InChI=1S/C22H33N5S/c1-4-21-25-20(16-28-21)10-12-24-22(23-3)26-19-11-13-27(17(2)14-19)15-18-8-6-5-7-9-18/h5-9,16-17,19H,4,10-15H2,1-3H3,(H2,23,24,26). The average Bonchev–Trinajstić information content (AvgIpc) is 3.18. The van der Waals surface area contributed by atoms with Gasteiger partial charge < -0.3 is 10.6 Å². The molecule has 2 aromatic rings. The minimum Gasteiger partial charge on any atom is -0.356 e. The quantitative estimate of drug-likeness (QED) is 0.553. The third kappa shape index (κ3) is 6.04. The summed E-state index contributed by atoms with van der Waals surface area (Å²) in [6.07, 6.45) is 4.23. The summed E-state index contributed by atoms with van der Waals surface area (Å²) in [6, 6.07) is 11.8. The molecule has 1 aromatic heterocycles. The minimum atomic E-state index is 0.471. The van der Waals surface area contributed by atoms with Crippen LogP contribution >= 0.6 is 11.3 Å². The molecule has 0 bridgehead atoms. The average molecular weight is 400 g/mol. The summed E-state index contributed by atoms with van der Waals surface area (Å²) in [5.74, 6) is 0.902. The molecule has 0 amide bonds. The summed E-state index contributed by atoms with van der Waals surface area (Å²) < 4.78 is 0. The van der Waals surface area contributed by atoms with E-state index >= 15 is 0 Å². The van der Waals surface area contributed by atoms with Crippen LogP contribution in [0.5, 0.6) is 0 Å². The van der Waals surface area contributed by atoms with Gasteiger partial charge in [0.2, 0.25) is 0 Å². The Morgan fingerprint density at radius 1 is 1.32 bits per heavy atom. The topological polar surface area (TPSA) is 52.6 Å². The van der Waals surface area contributed by atoms with Gasteiger partial charge in [0, 0.05) is 50.6 Å². The van der Waals surface area contributed by atoms with Crippen LogP contribution in [-0.2, 0) is 19.4 Å². The number of guanidine groups is 1. The summed E-state index contributed by atoms with van der Waals surface area (Å²) in [4.78, 5) is 11.6. The van der Waals surface area contributed by atoms with E-state index in [4.69, 9.17) is 0 Å². The Balaban J connectivity index is 1.41. The minimum absolute atomic E-state index is 0.471. The molecule has 1 aliphatic heterocycles. The van der Waals surface area contributed by atoms with Crippen molar-refractivity contribution < 1.29 is 0 Å². The number of nitrogens with one attached hydrogen (secondary N) is 2. The van der Waals surface area contributed by atoms with Crippen molar-refractivity contribution in [2.45, 2.75) is 58.2 Å². The molecule has 6 heteroatoms. The van der Waals surface area contributed by atoms with Gasteiger partial charge in [-0.05, 0) is 31.7 Å². The van der Waals surface area contributed by atoms with Gasteiger partial charge in [-0.1, -0.05) is 37.3 Å². The fourth-order valence-corrected chi connectivity index (χ4v) is 4.51. The van der Waals surface area contributed by atoms with Crippen LogP contribution in [0.15, 0.2) is 40.7 Å². The summed E-state index contributed by atoms with van der Waals surface area (Å²) in [5, 5.41) is 10.4. The molecule has 1 aromatic carbocycles. The van der Waals surface area contributed by atoms with Gasteiger partial charge in [0.1, 0.15) is 0 Å². The number of benzene rings is 1. The van der Waals surface area contributed by atoms with Gasteiger partial charge in [0.25, 0.3) is 0 Å². The molecule has 1 saturated heterocycles. The zero-order valence-corrected chi connectivity index (χ0v) is 18.1. The van der Waals surface area contributed by atoms with E-state index in [0.29, 0.717) is 12.1 Å². The van der Waals surface area contributed by atoms with Crippen molar-refractivity contribution in [2.75, 3.05) is 20.1 Å². The van der Waals surface area contributed by atoms with Crippen LogP contribution in [0.2, 0.25) is 0 Å². The van der Waals surface area contributed by atoms with E-state index in [2.05, 4.69) is 75.1 Å². The first-order chi connectivity index (χ1) is 13.7. The monoisotopic (exact) mass is 399 g/mol. The number of aliphatic imine (C=N–C) groups is 1. The third-order valence-corrected chi connectivity index (χ3v) is 6.42. The van der Waals surface area contributed by atoms with Crippen LogP contribution in [0.3, 0.4) is 0 Å². The number of likely N-dealkylation sites (tertiary alicyclic amines) is 1. The first kappa shape index (κ1) is 20.8. The van der Waals surface area contributed by atoms with E-state index < -0.39 is 0 Å². The predicted molar refractivity (Wildman–Crippen MR) is 119 cm³/mol. The molecule has 2 unspecified atom stereocenters. The van der Waals surface area contributed by atoms with E-state index in [-0.39, 0.29) is 0 Å². The smallest absolute Gasteiger partial charge is 0.191 e. The van der Waals surface area contributed by atoms with E-state index in [1.54, 1.807) is 11.3 Å². The summed E-state index contributed by atoms with van der Waals surface area (Å²) in [7, 11) is 1.85. The fourth-order valence-electron chi connectivity index (χ4n) is 3.73. The second-order valence-corrected chi connectivity index (χ2v) is 8.45. The SMILES string of the molecule is CCc1nc(CCNC(=NC)NC2CCN(Cc3ccccc3)C(C)C2)cs1. The van der Waals surface area contributed by atoms with Crippen LogP contribution in [0.4, 0.5) is 0 Å². The Morgan fingerprint density at radius 3 is 2.82 bits per heavy atom. The Labute approximate surface area is 173 Å². The normalized spacial score (nSPS) is 20.9. The van der Waals surface area contributed by atoms with E-state index in [0.717, 1.165) is 51.3 Å². The zero-order chi connectivity index (χ0) is 19.8. The van der Waals surface area contributed by atoms with Crippen molar-refractivity contribution >= 4 is 17.3 Å². The molecule has 0 spiro atoms. The lowest BCUT2D eigenvalue weighted by Crippen LogP contribution is -2.51. The van der Waals surface area contributed by atoms with Crippen LogP contribution in [-0.4, -0.2) is 48.1 Å². The van der Waals surface area contributed by atoms with Gasteiger partial charge in [0.15, 0.2) is 5.96 Å². The number of nitrogens with zero attached hydrogens (tertiary/aromatic N) is 3. The molecule has 2 atom stereocenters. The van der Waals surface area contributed by atoms with Crippen LogP contribution in [0.25, 0.3) is 0 Å². The number of aryl methyl sites for hydroxylation is 1. The van der Waals surface area contributed by atoms with Gasteiger partial charge in [-0.15, -0.1) is 11.3 Å². The lowest BCUT2D eigenvalue weighted by atomic mass is 9.97. The Hall–Kier alpha value is -1.92. The molecular formula is C22H33N5S. The van der Waals surface area contributed by atoms with Gasteiger partial charge in [-0.25, -0.2) is 4.98 Å². The van der Waals surface area contributed by atoms with E-state index in [1.165, 1.54) is 16.3 Å². The Kier molecular flexibility index (Phi) is 7.86. The number of hydrogen-bond acceptors (Lipinski definition) is 4. The maximum absolute atomic E-state index is 4.63. The molecular weight excluding hydrogens is 366 g/mol. The number of aromatic nitrogens is 1. The summed E-state index contributed by atoms with van der Waals surface area (Å²) in [5.41, 5.74) is 2.57. The van der Waals surface area contributed by atoms with E-state index in [9.17, 15) is 0 Å². The highest BCUT2D eigenvalue weighted by Crippen LogP contribution is 2.20. The Morgan fingerprint density at radius 2 is 2.14 bits per heavy atom. The molecule has 1 fully saturated rings. The maximum atomic E-state index is 4.63. The predicted octanol–water partition coefficient (Wildman–Crippen LogP) is 3.47. The second-order valence-electron chi connectivity index (χ2n) is 7.51. The molecule has 0 saturated carbocycles. The third-order valence-electron chi connectivity index (χ3n) is 5.38. The van der Waals surface area contributed by atoms with Gasteiger partial charge in [0.05, 0.1) is 10.7 Å². The van der Waals surface area contributed by atoms with Gasteiger partial charge in [-0.3, -0.25) is 9.89 Å². The van der Waals surface area contributed by atoms with Crippen molar-refractivity contribution in [1.82, 2.24) is 20.5 Å². The first-order valence-corrected chi connectivity index (χ1v) is 11.2. The molecule has 2 N–H and O–H groups in total. The summed E-state index contributed by atoms with van der Waals surface area (Å²) in [6.45, 7) is 7.49. The van der Waals surface area contributed by atoms with Crippen molar-refractivity contribution in [1.29, 1.82) is 0 Å². The molecule has 3 rings (SSSR count). The molecule has 28 heavy (non-hydrogen) atoms. The fraction of sp³-hybridized carbons (Fsp3) is 0.545. The molecule has 2 heterocycles. The van der Waals surface area contributed by atoms with Crippen molar-refractivity contribution in [2.24, 2.45) is 4.99 Å². The maximum Gasteiger partial charge on any atom is 0.191 e. The summed E-state index contributed by atoms with van der Waals surface area (Å²) >= 11 is 1.75. The van der Waals surface area contributed by atoms with Crippen LogP contribution in [0.1, 0.15) is 43.0 Å².